The minimum absolute atomic E-state index is 0.0683. The normalized spacial score (nSPS) is 16.2. The molecule has 2 aliphatic rings. The molecule has 0 saturated carbocycles. The van der Waals surface area contributed by atoms with Crippen LogP contribution in [0.2, 0.25) is 0 Å². The van der Waals surface area contributed by atoms with Crippen LogP contribution in [0, 0.1) is 28.9 Å². The van der Waals surface area contributed by atoms with Crippen molar-refractivity contribution >= 4 is 39.8 Å². The fraction of sp³-hybridized carbons (Fsp3) is 0.452. The molecule has 57 heavy (non-hydrogen) atoms. The number of primary amides is 1. The molecule has 2 heterocycles. The van der Waals surface area contributed by atoms with Crippen LogP contribution >= 0.6 is 0 Å². The first-order valence-corrected chi connectivity index (χ1v) is 19.2. The summed E-state index contributed by atoms with van der Waals surface area (Å²) in [4.78, 5) is 55.0. The Balaban J connectivity index is 1.31. The highest BCUT2D eigenvalue weighted by atomic mass is 28.1. The number of nitrogens with two attached hydrogens (primary N) is 1. The lowest BCUT2D eigenvalue weighted by Crippen LogP contribution is -2.58. The summed E-state index contributed by atoms with van der Waals surface area (Å²) in [6.07, 6.45) is 0.117. The number of piperidine rings is 1. The van der Waals surface area contributed by atoms with Gasteiger partial charge in [-0.1, -0.05) is 18.2 Å². The van der Waals surface area contributed by atoms with Crippen LogP contribution in [0.5, 0.6) is 5.75 Å². The Morgan fingerprint density at radius 2 is 1.67 bits per heavy atom. The molecule has 0 bridgehead atoms. The summed E-state index contributed by atoms with van der Waals surface area (Å²) in [6.45, 7) is 11.1. The number of rotatable bonds is 12. The minimum atomic E-state index is -1.70. The summed E-state index contributed by atoms with van der Waals surface area (Å²) in [7, 11) is 3.43. The Labute approximate surface area is 335 Å². The highest BCUT2D eigenvalue weighted by Crippen LogP contribution is 2.38. The zero-order chi connectivity index (χ0) is 41.9. The number of ether oxygens (including phenoxy) is 3. The van der Waals surface area contributed by atoms with E-state index in [0.29, 0.717) is 48.5 Å². The van der Waals surface area contributed by atoms with Gasteiger partial charge in [-0.25, -0.2) is 13.6 Å². The maximum absolute atomic E-state index is 15.9. The lowest BCUT2D eigenvalue weighted by Gasteiger charge is -2.38. The van der Waals surface area contributed by atoms with Crippen molar-refractivity contribution in [3.63, 3.8) is 0 Å². The van der Waals surface area contributed by atoms with E-state index >= 15 is 4.39 Å². The highest BCUT2D eigenvalue weighted by molar-refractivity contribution is 6.30. The minimum Gasteiger partial charge on any atom is -0.488 e. The summed E-state index contributed by atoms with van der Waals surface area (Å²) in [6, 6.07) is 15.2. The maximum atomic E-state index is 15.9. The second-order valence-electron chi connectivity index (χ2n) is 16.4. The van der Waals surface area contributed by atoms with Crippen molar-refractivity contribution in [3.05, 3.63) is 94.0 Å². The number of benzene rings is 3. The van der Waals surface area contributed by atoms with Crippen LogP contribution in [0.3, 0.4) is 0 Å². The third-order valence-electron chi connectivity index (χ3n) is 9.82. The molecule has 0 unspecified atom stereocenters. The standard InChI is InChI=1S/C42H48F2N5O7Si/c1-40(2,3)55-35(50)14-17-42(57,38(46)52)49-23-30-29(37(49)51)8-7-9-34(30)54-24-28-12-11-27(21-31(28)43)36(47-39(53)56-41(4,5)6)26-15-18-48(19-16-26)33-13-10-25(22-45)20-32(33)44/h7-13,20-21,26,36H,14-19,23-24H2,1-6H3,(H2,46,52)(H,47,53)/t36-,42+/m1/s1. The van der Waals surface area contributed by atoms with Crippen molar-refractivity contribution in [2.75, 3.05) is 18.0 Å². The number of esters is 1. The Morgan fingerprint density at radius 3 is 2.26 bits per heavy atom. The summed E-state index contributed by atoms with van der Waals surface area (Å²) < 4.78 is 47.8. The lowest BCUT2D eigenvalue weighted by molar-refractivity contribution is -0.155. The number of carbonyl (C=O) groups excluding carboxylic acids is 4. The fourth-order valence-electron chi connectivity index (χ4n) is 7.06. The SMILES string of the molecule is CC(C)(C)OC(=O)CC[C@]([Si])(C(N)=O)N1Cc2c(OCc3ccc([C@H](NC(=O)OC(C)(C)C)C4CCN(c5ccc(C#N)cc5F)CC4)cc3F)cccc2C1=O. The van der Waals surface area contributed by atoms with Crippen molar-refractivity contribution in [1.29, 1.82) is 5.26 Å². The van der Waals surface area contributed by atoms with Crippen LogP contribution in [-0.4, -0.2) is 68.5 Å². The maximum Gasteiger partial charge on any atom is 0.408 e. The van der Waals surface area contributed by atoms with Gasteiger partial charge in [0.1, 0.15) is 40.4 Å². The molecule has 3 aromatic rings. The van der Waals surface area contributed by atoms with Gasteiger partial charge in [-0.05, 0) is 109 Å². The monoisotopic (exact) mass is 800 g/mol. The van der Waals surface area contributed by atoms with Crippen molar-refractivity contribution in [1.82, 2.24) is 10.2 Å². The quantitative estimate of drug-likeness (QED) is 0.158. The number of anilines is 1. The number of hydrogen-bond donors (Lipinski definition) is 2. The number of carbonyl (C=O) groups is 4. The number of fused-ring (bicyclic) bond motifs is 1. The van der Waals surface area contributed by atoms with E-state index in [2.05, 4.69) is 15.6 Å². The number of amides is 3. The van der Waals surface area contributed by atoms with Gasteiger partial charge in [0.15, 0.2) is 0 Å². The van der Waals surface area contributed by atoms with Crippen LogP contribution in [0.25, 0.3) is 0 Å². The molecule has 15 heteroatoms. The van der Waals surface area contributed by atoms with E-state index in [1.807, 2.05) is 11.0 Å². The molecule has 2 aliphatic heterocycles. The van der Waals surface area contributed by atoms with Crippen LogP contribution in [0.1, 0.15) is 106 Å². The molecule has 3 N–H and O–H groups in total. The van der Waals surface area contributed by atoms with Gasteiger partial charge >= 0.3 is 12.1 Å². The first-order valence-electron chi connectivity index (χ1n) is 18.7. The molecular formula is C42H48F2N5O7Si. The van der Waals surface area contributed by atoms with Crippen molar-refractivity contribution in [2.24, 2.45) is 11.7 Å². The van der Waals surface area contributed by atoms with Crippen LogP contribution in [0.4, 0.5) is 19.3 Å². The van der Waals surface area contributed by atoms with Gasteiger partial charge in [0, 0.05) is 36.2 Å². The summed E-state index contributed by atoms with van der Waals surface area (Å²) in [5, 5.41) is 10.4. The van der Waals surface area contributed by atoms with Gasteiger partial charge in [0.25, 0.3) is 5.91 Å². The van der Waals surface area contributed by atoms with Gasteiger partial charge in [-0.15, -0.1) is 0 Å². The van der Waals surface area contributed by atoms with Crippen LogP contribution in [-0.2, 0) is 32.2 Å². The van der Waals surface area contributed by atoms with E-state index in [4.69, 9.17) is 25.2 Å². The van der Waals surface area contributed by atoms with Gasteiger partial charge < -0.3 is 35.1 Å². The smallest absolute Gasteiger partial charge is 0.408 e. The number of nitriles is 1. The van der Waals surface area contributed by atoms with Crippen molar-refractivity contribution < 1.29 is 42.2 Å². The van der Waals surface area contributed by atoms with Crippen molar-refractivity contribution in [2.45, 2.75) is 103 Å². The number of alkyl carbamates (subject to hydrolysis) is 1. The third kappa shape index (κ3) is 10.3. The Morgan fingerprint density at radius 1 is 0.982 bits per heavy atom. The van der Waals surface area contributed by atoms with E-state index in [1.54, 1.807) is 84.0 Å². The molecule has 1 saturated heterocycles. The van der Waals surface area contributed by atoms with Gasteiger partial charge in [0.05, 0.1) is 40.1 Å². The summed E-state index contributed by atoms with van der Waals surface area (Å²) >= 11 is 0. The van der Waals surface area contributed by atoms with E-state index in [1.165, 1.54) is 17.0 Å². The van der Waals surface area contributed by atoms with Crippen molar-refractivity contribution in [3.8, 4) is 11.8 Å². The molecule has 3 aromatic carbocycles. The summed E-state index contributed by atoms with van der Waals surface area (Å²) in [5.41, 5.74) is 6.34. The first-order chi connectivity index (χ1) is 26.7. The fourth-order valence-corrected chi connectivity index (χ4v) is 7.36. The molecule has 5 rings (SSSR count). The topological polar surface area (TPSA) is 164 Å². The Kier molecular flexibility index (Phi) is 12.7. The molecule has 12 nitrogen and oxygen atoms in total. The molecule has 1 fully saturated rings. The predicted molar refractivity (Wildman–Crippen MR) is 208 cm³/mol. The van der Waals surface area contributed by atoms with E-state index in [0.717, 1.165) is 0 Å². The van der Waals surface area contributed by atoms with Gasteiger partial charge in [-0.2, -0.15) is 5.26 Å². The molecule has 0 spiro atoms. The van der Waals surface area contributed by atoms with E-state index in [9.17, 15) is 23.6 Å². The Hall–Kier alpha value is -5.49. The molecule has 0 aliphatic carbocycles. The molecular weight excluding hydrogens is 753 g/mol. The number of nitrogens with zero attached hydrogens (tertiary/aromatic N) is 3. The first kappa shape index (κ1) is 42.6. The van der Waals surface area contributed by atoms with Gasteiger partial charge in [0.2, 0.25) is 5.91 Å². The third-order valence-corrected chi connectivity index (χ3v) is 10.6. The Bertz CT molecular complexity index is 2070. The number of halogens is 2. The van der Waals surface area contributed by atoms with E-state index < -0.39 is 57.9 Å². The van der Waals surface area contributed by atoms with Gasteiger partial charge in [-0.3, -0.25) is 14.4 Å². The molecule has 3 radical (unpaired) electrons. The predicted octanol–water partition coefficient (Wildman–Crippen LogP) is 6.33. The van der Waals surface area contributed by atoms with Crippen LogP contribution in [0.15, 0.2) is 54.6 Å². The van der Waals surface area contributed by atoms with E-state index in [-0.39, 0.29) is 48.6 Å². The number of nitrogens with one attached hydrogen (secondary N) is 1. The zero-order valence-electron chi connectivity index (χ0n) is 33.0. The lowest BCUT2D eigenvalue weighted by atomic mass is 9.85. The second kappa shape index (κ2) is 16.9. The highest BCUT2D eigenvalue weighted by Gasteiger charge is 2.46. The number of hydrogen-bond acceptors (Lipinski definition) is 9. The molecule has 3 amide bonds. The molecule has 2 atom stereocenters. The average Bonchev–Trinajstić information content (AvgIpc) is 3.48. The zero-order valence-corrected chi connectivity index (χ0v) is 34.0. The largest absolute Gasteiger partial charge is 0.488 e. The average molecular weight is 801 g/mol. The summed E-state index contributed by atoms with van der Waals surface area (Å²) in [5.74, 6) is -2.83. The van der Waals surface area contributed by atoms with Crippen LogP contribution < -0.4 is 20.7 Å². The molecule has 0 aromatic heterocycles. The molecule has 301 valence electrons. The second-order valence-corrected chi connectivity index (χ2v) is 17.2.